The highest BCUT2D eigenvalue weighted by atomic mass is 35.5. The minimum atomic E-state index is -0.882. The second kappa shape index (κ2) is 5.59. The topological polar surface area (TPSA) is 58.4 Å². The van der Waals surface area contributed by atoms with E-state index in [0.717, 1.165) is 17.6 Å². The number of benzene rings is 1. The third-order valence-corrected chi connectivity index (χ3v) is 3.10. The third kappa shape index (κ3) is 3.24. The highest BCUT2D eigenvalue weighted by Gasteiger charge is 2.13. The van der Waals surface area contributed by atoms with Gasteiger partial charge in [0.2, 0.25) is 0 Å². The molecule has 0 amide bonds. The van der Waals surface area contributed by atoms with Gasteiger partial charge in [-0.3, -0.25) is 4.79 Å². The minimum Gasteiger partial charge on any atom is -0.481 e. The number of carbonyl (C=O) groups is 1. The lowest BCUT2D eigenvalue weighted by Crippen LogP contribution is -2.20. The molecule has 2 rings (SSSR count). The average molecular weight is 282 g/mol. The van der Waals surface area contributed by atoms with Crippen LogP contribution in [0.4, 0.5) is 0 Å². The number of hydrogen-bond donors (Lipinski definition) is 1. The number of aromatic nitrogens is 2. The highest BCUT2D eigenvalue weighted by molar-refractivity contribution is 6.31. The Labute approximate surface area is 116 Å². The molecule has 1 aromatic carbocycles. The number of rotatable bonds is 5. The van der Waals surface area contributed by atoms with Crippen LogP contribution in [-0.4, -0.2) is 46.2 Å². The molecule has 6 heteroatoms. The Balaban J connectivity index is 2.45. The first-order valence-corrected chi connectivity index (χ1v) is 6.36. The molecule has 0 atom stereocenters. The first-order chi connectivity index (χ1) is 8.97. The van der Waals surface area contributed by atoms with Crippen LogP contribution in [0.25, 0.3) is 11.0 Å². The number of imidazole rings is 1. The van der Waals surface area contributed by atoms with E-state index in [1.54, 1.807) is 12.1 Å². The van der Waals surface area contributed by atoms with Crippen LogP contribution in [0.1, 0.15) is 5.82 Å². The number of carboxylic acids is 1. The van der Waals surface area contributed by atoms with Crippen molar-refractivity contribution in [3.05, 3.63) is 29.0 Å². The van der Waals surface area contributed by atoms with Crippen molar-refractivity contribution in [2.75, 3.05) is 20.6 Å². The van der Waals surface area contributed by atoms with E-state index in [1.807, 2.05) is 29.6 Å². The van der Waals surface area contributed by atoms with Crippen molar-refractivity contribution in [1.29, 1.82) is 0 Å². The molecule has 1 heterocycles. The molecule has 0 bridgehead atoms. The monoisotopic (exact) mass is 281 g/mol. The summed E-state index contributed by atoms with van der Waals surface area (Å²) in [6.07, 6.45) is -0.0836. The molecule has 0 aliphatic heterocycles. The molecule has 1 aromatic heterocycles. The van der Waals surface area contributed by atoms with E-state index in [-0.39, 0.29) is 6.42 Å². The minimum absolute atomic E-state index is 0.0836. The Morgan fingerprint density at radius 2 is 2.21 bits per heavy atom. The van der Waals surface area contributed by atoms with Gasteiger partial charge < -0.3 is 14.6 Å². The highest BCUT2D eigenvalue weighted by Crippen LogP contribution is 2.21. The largest absolute Gasteiger partial charge is 0.481 e. The zero-order valence-corrected chi connectivity index (χ0v) is 11.7. The molecule has 102 valence electrons. The van der Waals surface area contributed by atoms with Crippen LogP contribution in [0.2, 0.25) is 5.02 Å². The fourth-order valence-corrected chi connectivity index (χ4v) is 2.14. The predicted octanol–water partition coefficient (Wildman–Crippen LogP) is 1.88. The van der Waals surface area contributed by atoms with E-state index >= 15 is 0 Å². The van der Waals surface area contributed by atoms with Crippen LogP contribution >= 0.6 is 11.6 Å². The Kier molecular flexibility index (Phi) is 4.07. The summed E-state index contributed by atoms with van der Waals surface area (Å²) in [5.74, 6) is -0.320. The molecule has 0 spiro atoms. The van der Waals surface area contributed by atoms with Crippen molar-refractivity contribution in [3.63, 3.8) is 0 Å². The van der Waals surface area contributed by atoms with E-state index in [4.69, 9.17) is 16.7 Å². The molecule has 0 saturated carbocycles. The van der Waals surface area contributed by atoms with Crippen LogP contribution in [0.3, 0.4) is 0 Å². The summed E-state index contributed by atoms with van der Waals surface area (Å²) < 4.78 is 1.94. The van der Waals surface area contributed by atoms with Crippen LogP contribution in [-0.2, 0) is 17.8 Å². The van der Waals surface area contributed by atoms with Crippen molar-refractivity contribution < 1.29 is 9.90 Å². The summed E-state index contributed by atoms with van der Waals surface area (Å²) in [5, 5.41) is 9.56. The first kappa shape index (κ1) is 13.8. The standard InChI is InChI=1S/C13H16ClN3O2/c1-16(2)5-6-17-11-4-3-9(14)7-10(11)15-12(17)8-13(18)19/h3-4,7H,5-6,8H2,1-2H3,(H,18,19). The molecule has 0 aliphatic rings. The van der Waals surface area contributed by atoms with E-state index in [2.05, 4.69) is 4.98 Å². The molecule has 0 aliphatic carbocycles. The van der Waals surface area contributed by atoms with Crippen LogP contribution in [0.15, 0.2) is 18.2 Å². The number of aliphatic carboxylic acids is 1. The van der Waals surface area contributed by atoms with Crippen LogP contribution in [0.5, 0.6) is 0 Å². The van der Waals surface area contributed by atoms with Crippen LogP contribution in [0, 0.1) is 0 Å². The number of halogens is 1. The summed E-state index contributed by atoms with van der Waals surface area (Å²) in [6.45, 7) is 1.52. The Bertz CT molecular complexity index is 607. The lowest BCUT2D eigenvalue weighted by molar-refractivity contribution is -0.136. The third-order valence-electron chi connectivity index (χ3n) is 2.87. The summed E-state index contributed by atoms with van der Waals surface area (Å²) in [4.78, 5) is 17.3. The fourth-order valence-electron chi connectivity index (χ4n) is 1.97. The molecule has 2 aromatic rings. The number of carboxylic acid groups (broad SMARTS) is 1. The SMILES string of the molecule is CN(C)CCn1c(CC(=O)O)nc2cc(Cl)ccc21. The van der Waals surface area contributed by atoms with Gasteiger partial charge in [-0.15, -0.1) is 0 Å². The normalized spacial score (nSPS) is 11.4. The molecule has 5 nitrogen and oxygen atoms in total. The van der Waals surface area contributed by atoms with E-state index < -0.39 is 5.97 Å². The van der Waals surface area contributed by atoms with E-state index in [0.29, 0.717) is 17.4 Å². The van der Waals surface area contributed by atoms with Gasteiger partial charge in [-0.05, 0) is 32.3 Å². The number of likely N-dealkylation sites (N-methyl/N-ethyl adjacent to an activating group) is 1. The van der Waals surface area contributed by atoms with Gasteiger partial charge in [0.05, 0.1) is 11.0 Å². The quantitative estimate of drug-likeness (QED) is 0.909. The van der Waals surface area contributed by atoms with Crippen molar-refractivity contribution >= 4 is 28.6 Å². The average Bonchev–Trinajstić information content (AvgIpc) is 2.61. The number of fused-ring (bicyclic) bond motifs is 1. The summed E-state index contributed by atoms with van der Waals surface area (Å²) in [7, 11) is 3.96. The van der Waals surface area contributed by atoms with Gasteiger partial charge >= 0.3 is 5.97 Å². The van der Waals surface area contributed by atoms with Gasteiger partial charge in [-0.25, -0.2) is 4.98 Å². The van der Waals surface area contributed by atoms with Gasteiger partial charge in [-0.2, -0.15) is 0 Å². The molecule has 0 unspecified atom stereocenters. The van der Waals surface area contributed by atoms with Crippen molar-refractivity contribution in [2.45, 2.75) is 13.0 Å². The molecule has 0 saturated heterocycles. The van der Waals surface area contributed by atoms with Gasteiger partial charge in [0.25, 0.3) is 0 Å². The Hall–Kier alpha value is -1.59. The zero-order valence-electron chi connectivity index (χ0n) is 10.9. The molecule has 0 fully saturated rings. The lowest BCUT2D eigenvalue weighted by Gasteiger charge is -2.12. The van der Waals surface area contributed by atoms with Crippen molar-refractivity contribution in [2.24, 2.45) is 0 Å². The molecular weight excluding hydrogens is 266 g/mol. The lowest BCUT2D eigenvalue weighted by atomic mass is 10.3. The van der Waals surface area contributed by atoms with E-state index in [1.165, 1.54) is 0 Å². The maximum absolute atomic E-state index is 10.9. The molecule has 19 heavy (non-hydrogen) atoms. The second-order valence-corrected chi connectivity index (χ2v) is 5.12. The maximum Gasteiger partial charge on any atom is 0.311 e. The maximum atomic E-state index is 10.9. The first-order valence-electron chi connectivity index (χ1n) is 5.98. The summed E-state index contributed by atoms with van der Waals surface area (Å²) in [5.41, 5.74) is 1.66. The smallest absolute Gasteiger partial charge is 0.311 e. The second-order valence-electron chi connectivity index (χ2n) is 4.69. The number of hydrogen-bond acceptors (Lipinski definition) is 3. The zero-order chi connectivity index (χ0) is 14.0. The molecular formula is C13H16ClN3O2. The van der Waals surface area contributed by atoms with E-state index in [9.17, 15) is 4.79 Å². The van der Waals surface area contributed by atoms with Gasteiger partial charge in [-0.1, -0.05) is 11.6 Å². The van der Waals surface area contributed by atoms with Crippen molar-refractivity contribution in [1.82, 2.24) is 14.5 Å². The molecule has 0 radical (unpaired) electrons. The van der Waals surface area contributed by atoms with Crippen molar-refractivity contribution in [3.8, 4) is 0 Å². The summed E-state index contributed by atoms with van der Waals surface area (Å²) in [6, 6.07) is 5.43. The van der Waals surface area contributed by atoms with Gasteiger partial charge in [0, 0.05) is 18.1 Å². The fraction of sp³-hybridized carbons (Fsp3) is 0.385. The Morgan fingerprint density at radius 3 is 2.84 bits per heavy atom. The number of nitrogens with zero attached hydrogens (tertiary/aromatic N) is 3. The van der Waals surface area contributed by atoms with Crippen LogP contribution < -0.4 is 0 Å². The van der Waals surface area contributed by atoms with Gasteiger partial charge in [0.15, 0.2) is 0 Å². The Morgan fingerprint density at radius 1 is 1.47 bits per heavy atom. The summed E-state index contributed by atoms with van der Waals surface area (Å²) >= 11 is 5.94. The molecule has 1 N–H and O–H groups in total. The predicted molar refractivity (Wildman–Crippen MR) is 74.6 cm³/mol. The van der Waals surface area contributed by atoms with Gasteiger partial charge in [0.1, 0.15) is 12.2 Å².